The van der Waals surface area contributed by atoms with Crippen LogP contribution in [0, 0.1) is 0 Å². The molecular formula is C24H21ClN2O5. The lowest BCUT2D eigenvalue weighted by Gasteiger charge is -2.13. The molecule has 0 saturated carbocycles. The van der Waals surface area contributed by atoms with Crippen LogP contribution in [0.2, 0.25) is 5.02 Å². The van der Waals surface area contributed by atoms with Crippen molar-refractivity contribution in [2.75, 3.05) is 24.4 Å². The zero-order valence-corrected chi connectivity index (χ0v) is 18.2. The average Bonchev–Trinajstić information content (AvgIpc) is 2.79. The number of benzene rings is 3. The van der Waals surface area contributed by atoms with Gasteiger partial charge in [-0.2, -0.15) is 0 Å². The summed E-state index contributed by atoms with van der Waals surface area (Å²) in [6.45, 7) is 1.13. The first-order valence-electron chi connectivity index (χ1n) is 9.65. The Hall–Kier alpha value is -3.84. The molecule has 2 amide bonds. The minimum absolute atomic E-state index is 0.110. The maximum absolute atomic E-state index is 12.7. The Bertz CT molecular complexity index is 1150. The number of amides is 2. The van der Waals surface area contributed by atoms with Crippen molar-refractivity contribution in [1.29, 1.82) is 0 Å². The largest absolute Gasteiger partial charge is 0.493 e. The number of ketones is 1. The van der Waals surface area contributed by atoms with E-state index in [4.69, 9.17) is 21.1 Å². The summed E-state index contributed by atoms with van der Waals surface area (Å²) in [5, 5.41) is 6.00. The topological polar surface area (TPSA) is 93.7 Å². The molecule has 3 aromatic rings. The van der Waals surface area contributed by atoms with E-state index in [-0.39, 0.29) is 18.3 Å². The Morgan fingerprint density at radius 2 is 1.62 bits per heavy atom. The molecule has 0 unspecified atom stereocenters. The average molecular weight is 453 g/mol. The summed E-state index contributed by atoms with van der Waals surface area (Å²) in [5.41, 5.74) is 1.68. The smallest absolute Gasteiger partial charge is 0.262 e. The molecule has 0 spiro atoms. The van der Waals surface area contributed by atoms with Crippen molar-refractivity contribution in [1.82, 2.24) is 0 Å². The van der Waals surface area contributed by atoms with E-state index < -0.39 is 5.91 Å². The van der Waals surface area contributed by atoms with E-state index in [0.717, 1.165) is 0 Å². The second kappa shape index (κ2) is 10.5. The Labute approximate surface area is 190 Å². The van der Waals surface area contributed by atoms with Crippen LogP contribution in [0.4, 0.5) is 11.4 Å². The van der Waals surface area contributed by atoms with Gasteiger partial charge in [-0.25, -0.2) is 0 Å². The Balaban J connectivity index is 1.66. The van der Waals surface area contributed by atoms with Gasteiger partial charge in [-0.15, -0.1) is 0 Å². The van der Waals surface area contributed by atoms with Gasteiger partial charge in [-0.1, -0.05) is 23.7 Å². The molecule has 0 aromatic heterocycles. The van der Waals surface area contributed by atoms with Gasteiger partial charge < -0.3 is 20.1 Å². The van der Waals surface area contributed by atoms with E-state index in [9.17, 15) is 14.4 Å². The van der Waals surface area contributed by atoms with Gasteiger partial charge in [0.15, 0.2) is 23.9 Å². The van der Waals surface area contributed by atoms with Crippen LogP contribution in [0.15, 0.2) is 66.7 Å². The zero-order valence-electron chi connectivity index (χ0n) is 17.5. The van der Waals surface area contributed by atoms with Crippen molar-refractivity contribution in [2.45, 2.75) is 6.92 Å². The Kier molecular flexibility index (Phi) is 7.46. The molecule has 0 aliphatic heterocycles. The molecule has 164 valence electrons. The van der Waals surface area contributed by atoms with Gasteiger partial charge in [0.25, 0.3) is 11.8 Å². The quantitative estimate of drug-likeness (QED) is 0.478. The number of carbonyl (C=O) groups excluding carboxylic acids is 3. The zero-order chi connectivity index (χ0) is 23.1. The van der Waals surface area contributed by atoms with Crippen molar-refractivity contribution in [2.24, 2.45) is 0 Å². The second-order valence-electron chi connectivity index (χ2n) is 6.77. The van der Waals surface area contributed by atoms with Crippen LogP contribution in [-0.4, -0.2) is 31.3 Å². The van der Waals surface area contributed by atoms with Crippen LogP contribution in [0.1, 0.15) is 27.6 Å². The fourth-order valence-electron chi connectivity index (χ4n) is 2.86. The SMILES string of the molecule is COc1cc(C(C)=O)ccc1OCC(=O)Nc1ccccc1C(=O)Nc1ccc(Cl)cc1. The van der Waals surface area contributed by atoms with E-state index in [1.54, 1.807) is 66.7 Å². The number of anilines is 2. The fraction of sp³-hybridized carbons (Fsp3) is 0.125. The summed E-state index contributed by atoms with van der Waals surface area (Å²) in [6, 6.07) is 18.0. The van der Waals surface area contributed by atoms with E-state index in [1.165, 1.54) is 14.0 Å². The number of carbonyl (C=O) groups is 3. The number of nitrogens with one attached hydrogen (secondary N) is 2. The number of halogens is 1. The third-order valence-electron chi connectivity index (χ3n) is 4.48. The molecule has 0 aliphatic rings. The number of para-hydroxylation sites is 1. The summed E-state index contributed by atoms with van der Waals surface area (Å²) in [4.78, 5) is 36.6. The molecular weight excluding hydrogens is 432 g/mol. The van der Waals surface area contributed by atoms with Gasteiger partial charge in [0, 0.05) is 16.3 Å². The minimum atomic E-state index is -0.463. The number of methoxy groups -OCH3 is 1. The van der Waals surface area contributed by atoms with Gasteiger partial charge in [0.1, 0.15) is 0 Å². The van der Waals surface area contributed by atoms with Crippen LogP contribution in [0.5, 0.6) is 11.5 Å². The van der Waals surface area contributed by atoms with E-state index >= 15 is 0 Å². The first-order valence-corrected chi connectivity index (χ1v) is 10.0. The van der Waals surface area contributed by atoms with Crippen molar-refractivity contribution in [3.63, 3.8) is 0 Å². The van der Waals surface area contributed by atoms with Gasteiger partial charge in [0.2, 0.25) is 0 Å². The summed E-state index contributed by atoms with van der Waals surface area (Å²) in [6.07, 6.45) is 0. The van der Waals surface area contributed by atoms with Gasteiger partial charge in [-0.05, 0) is 61.5 Å². The van der Waals surface area contributed by atoms with Crippen molar-refractivity contribution < 1.29 is 23.9 Å². The lowest BCUT2D eigenvalue weighted by Crippen LogP contribution is -2.23. The monoisotopic (exact) mass is 452 g/mol. The predicted octanol–water partition coefficient (Wildman–Crippen LogP) is 4.82. The molecule has 0 saturated heterocycles. The second-order valence-corrected chi connectivity index (χ2v) is 7.20. The lowest BCUT2D eigenvalue weighted by atomic mass is 10.1. The Morgan fingerprint density at radius 1 is 0.906 bits per heavy atom. The van der Waals surface area contributed by atoms with Gasteiger partial charge in [0.05, 0.1) is 18.4 Å². The first-order chi connectivity index (χ1) is 15.4. The number of Topliss-reactive ketones (excluding diaryl/α,β-unsaturated/α-hetero) is 1. The van der Waals surface area contributed by atoms with Crippen molar-refractivity contribution >= 4 is 40.6 Å². The molecule has 0 bridgehead atoms. The third kappa shape index (κ3) is 5.86. The summed E-state index contributed by atoms with van der Waals surface area (Å²) < 4.78 is 10.8. The van der Waals surface area contributed by atoms with E-state index in [2.05, 4.69) is 10.6 Å². The molecule has 0 radical (unpaired) electrons. The molecule has 3 aromatic carbocycles. The normalized spacial score (nSPS) is 10.2. The standard InChI is InChI=1S/C24H21ClN2O5/c1-15(28)16-7-12-21(22(13-16)31-2)32-14-23(29)27-20-6-4-3-5-19(20)24(30)26-18-10-8-17(25)9-11-18/h3-13H,14H2,1-2H3,(H,26,30)(H,27,29). The number of rotatable bonds is 8. The van der Waals surface area contributed by atoms with Gasteiger partial charge >= 0.3 is 0 Å². The minimum Gasteiger partial charge on any atom is -0.493 e. The number of ether oxygens (including phenoxy) is 2. The van der Waals surface area contributed by atoms with E-state index in [0.29, 0.717) is 39.0 Å². The highest BCUT2D eigenvalue weighted by molar-refractivity contribution is 6.30. The molecule has 3 rings (SSSR count). The molecule has 2 N–H and O–H groups in total. The van der Waals surface area contributed by atoms with Crippen LogP contribution < -0.4 is 20.1 Å². The van der Waals surface area contributed by atoms with Crippen LogP contribution in [0.3, 0.4) is 0 Å². The highest BCUT2D eigenvalue weighted by Gasteiger charge is 2.15. The van der Waals surface area contributed by atoms with Crippen LogP contribution >= 0.6 is 11.6 Å². The maximum atomic E-state index is 12.7. The Morgan fingerprint density at radius 3 is 2.31 bits per heavy atom. The molecule has 7 nitrogen and oxygen atoms in total. The lowest BCUT2D eigenvalue weighted by molar-refractivity contribution is -0.118. The van der Waals surface area contributed by atoms with E-state index in [1.807, 2.05) is 0 Å². The molecule has 0 atom stereocenters. The predicted molar refractivity (Wildman–Crippen MR) is 123 cm³/mol. The molecule has 0 fully saturated rings. The number of hydrogen-bond donors (Lipinski definition) is 2. The van der Waals surface area contributed by atoms with Crippen LogP contribution in [0.25, 0.3) is 0 Å². The maximum Gasteiger partial charge on any atom is 0.262 e. The molecule has 32 heavy (non-hydrogen) atoms. The van der Waals surface area contributed by atoms with Crippen LogP contribution in [-0.2, 0) is 4.79 Å². The fourth-order valence-corrected chi connectivity index (χ4v) is 2.98. The molecule has 8 heteroatoms. The van der Waals surface area contributed by atoms with Gasteiger partial charge in [-0.3, -0.25) is 14.4 Å². The van der Waals surface area contributed by atoms with Crippen molar-refractivity contribution in [3.8, 4) is 11.5 Å². The highest BCUT2D eigenvalue weighted by Crippen LogP contribution is 2.28. The molecule has 0 heterocycles. The highest BCUT2D eigenvalue weighted by atomic mass is 35.5. The summed E-state index contributed by atoms with van der Waals surface area (Å²) >= 11 is 5.87. The summed E-state index contributed by atoms with van der Waals surface area (Å²) in [7, 11) is 1.45. The van der Waals surface area contributed by atoms with Crippen molar-refractivity contribution in [3.05, 3.63) is 82.9 Å². The summed E-state index contributed by atoms with van der Waals surface area (Å²) in [5.74, 6) is -0.296. The third-order valence-corrected chi connectivity index (χ3v) is 4.73. The number of hydrogen-bond acceptors (Lipinski definition) is 5. The first kappa shape index (κ1) is 22.8. The molecule has 0 aliphatic carbocycles.